The van der Waals surface area contributed by atoms with Crippen molar-refractivity contribution in [3.63, 3.8) is 0 Å². The number of aromatic nitrogens is 1. The van der Waals surface area contributed by atoms with Crippen LogP contribution >= 0.6 is 0 Å². The van der Waals surface area contributed by atoms with Crippen LogP contribution in [0.25, 0.3) is 55.0 Å². The second-order valence-electron chi connectivity index (χ2n) is 11.7. The molecule has 0 fully saturated rings. The van der Waals surface area contributed by atoms with E-state index in [1.54, 1.807) is 12.4 Å². The summed E-state index contributed by atoms with van der Waals surface area (Å²) in [4.78, 5) is 14.6. The first-order valence-electron chi connectivity index (χ1n) is 15.7. The third kappa shape index (κ3) is 4.95. The Morgan fingerprint density at radius 1 is 0.511 bits per heavy atom. The van der Waals surface area contributed by atoms with Crippen LogP contribution in [0.4, 0.5) is 0 Å². The molecule has 0 saturated heterocycles. The lowest BCUT2D eigenvalue weighted by Crippen LogP contribution is -2.36. The SMILES string of the molecule is c1ccc(-c2ccc(-c3ccc(C4N=C(c5ccc6ccccc6c5)NC(c5cccc6oc7cnccc7c56)=N4)cc3)cc2)cc1. The Morgan fingerprint density at radius 3 is 1.96 bits per heavy atom. The predicted octanol–water partition coefficient (Wildman–Crippen LogP) is 9.96. The quantitative estimate of drug-likeness (QED) is 0.213. The summed E-state index contributed by atoms with van der Waals surface area (Å²) >= 11 is 0. The number of benzene rings is 6. The minimum atomic E-state index is -0.433. The first kappa shape index (κ1) is 27.0. The lowest BCUT2D eigenvalue weighted by molar-refractivity contribution is 0.667. The van der Waals surface area contributed by atoms with Crippen molar-refractivity contribution in [3.05, 3.63) is 175 Å². The monoisotopic (exact) mass is 604 g/mol. The van der Waals surface area contributed by atoms with Crippen LogP contribution in [-0.2, 0) is 0 Å². The number of nitrogens with one attached hydrogen (secondary N) is 1. The van der Waals surface area contributed by atoms with E-state index in [-0.39, 0.29) is 0 Å². The highest BCUT2D eigenvalue weighted by Gasteiger charge is 2.23. The molecular weight excluding hydrogens is 576 g/mol. The molecule has 0 aliphatic carbocycles. The van der Waals surface area contributed by atoms with Gasteiger partial charge in [-0.2, -0.15) is 0 Å². The van der Waals surface area contributed by atoms with Crippen molar-refractivity contribution in [3.8, 4) is 22.3 Å². The molecule has 9 rings (SSSR count). The summed E-state index contributed by atoms with van der Waals surface area (Å²) in [5, 5.41) is 7.95. The van der Waals surface area contributed by atoms with Crippen LogP contribution in [0.3, 0.4) is 0 Å². The molecule has 0 spiro atoms. The summed E-state index contributed by atoms with van der Waals surface area (Å²) in [6, 6.07) is 50.7. The van der Waals surface area contributed by atoms with E-state index in [9.17, 15) is 0 Å². The first-order chi connectivity index (χ1) is 23.3. The Bertz CT molecular complexity index is 2480. The van der Waals surface area contributed by atoms with Crippen molar-refractivity contribution in [2.45, 2.75) is 6.17 Å². The van der Waals surface area contributed by atoms with Gasteiger partial charge in [0.25, 0.3) is 0 Å². The predicted molar refractivity (Wildman–Crippen MR) is 192 cm³/mol. The highest BCUT2D eigenvalue weighted by molar-refractivity contribution is 6.23. The summed E-state index contributed by atoms with van der Waals surface area (Å²) in [7, 11) is 0. The molecule has 5 heteroatoms. The van der Waals surface area contributed by atoms with Crippen molar-refractivity contribution in [1.82, 2.24) is 10.3 Å². The maximum atomic E-state index is 6.17. The molecule has 1 unspecified atom stereocenters. The number of pyridine rings is 1. The molecule has 8 aromatic rings. The summed E-state index contributed by atoms with van der Waals surface area (Å²) in [5.41, 5.74) is 9.25. The van der Waals surface area contributed by atoms with E-state index in [1.165, 1.54) is 22.1 Å². The molecule has 47 heavy (non-hydrogen) atoms. The largest absolute Gasteiger partial charge is 0.454 e. The van der Waals surface area contributed by atoms with Crippen molar-refractivity contribution in [2.24, 2.45) is 9.98 Å². The molecule has 2 aromatic heterocycles. The van der Waals surface area contributed by atoms with E-state index in [4.69, 9.17) is 14.4 Å². The molecule has 0 saturated carbocycles. The highest BCUT2D eigenvalue weighted by atomic mass is 16.3. The molecular formula is C42H28N4O. The zero-order valence-electron chi connectivity index (χ0n) is 25.3. The van der Waals surface area contributed by atoms with Crippen LogP contribution in [-0.4, -0.2) is 16.7 Å². The summed E-state index contributed by atoms with van der Waals surface area (Å²) in [6.45, 7) is 0. The molecule has 222 valence electrons. The summed E-state index contributed by atoms with van der Waals surface area (Å²) < 4.78 is 6.17. The van der Waals surface area contributed by atoms with Gasteiger partial charge in [0.2, 0.25) is 0 Å². The zero-order valence-corrected chi connectivity index (χ0v) is 25.3. The van der Waals surface area contributed by atoms with Gasteiger partial charge in [-0.3, -0.25) is 4.98 Å². The number of furan rings is 1. The second-order valence-corrected chi connectivity index (χ2v) is 11.7. The van der Waals surface area contributed by atoms with Gasteiger partial charge >= 0.3 is 0 Å². The minimum Gasteiger partial charge on any atom is -0.454 e. The normalized spacial score (nSPS) is 14.6. The molecule has 6 aromatic carbocycles. The fraction of sp³-hybridized carbons (Fsp3) is 0.0238. The van der Waals surface area contributed by atoms with Gasteiger partial charge in [-0.1, -0.05) is 127 Å². The summed E-state index contributed by atoms with van der Waals surface area (Å²) in [6.07, 6.45) is 3.12. The molecule has 0 amide bonds. The van der Waals surface area contributed by atoms with Crippen LogP contribution < -0.4 is 5.32 Å². The van der Waals surface area contributed by atoms with Gasteiger partial charge in [-0.15, -0.1) is 0 Å². The number of rotatable bonds is 5. The van der Waals surface area contributed by atoms with E-state index in [0.29, 0.717) is 0 Å². The number of fused-ring (bicyclic) bond motifs is 4. The van der Waals surface area contributed by atoms with Gasteiger partial charge in [0.05, 0.1) is 6.20 Å². The number of hydrogen-bond donors (Lipinski definition) is 1. The Kier molecular flexibility index (Phi) is 6.46. The molecule has 0 radical (unpaired) electrons. The maximum absolute atomic E-state index is 6.17. The Hall–Kier alpha value is -6.33. The van der Waals surface area contributed by atoms with Gasteiger partial charge in [0.15, 0.2) is 11.7 Å². The van der Waals surface area contributed by atoms with Crippen LogP contribution in [0, 0.1) is 0 Å². The molecule has 1 N–H and O–H groups in total. The van der Waals surface area contributed by atoms with E-state index >= 15 is 0 Å². The average Bonchev–Trinajstić information content (AvgIpc) is 3.54. The highest BCUT2D eigenvalue weighted by Crippen LogP contribution is 2.34. The Morgan fingerprint density at radius 2 is 1.17 bits per heavy atom. The Balaban J connectivity index is 1.12. The van der Waals surface area contributed by atoms with Crippen LogP contribution in [0.5, 0.6) is 0 Å². The van der Waals surface area contributed by atoms with Gasteiger partial charge in [-0.05, 0) is 56.8 Å². The van der Waals surface area contributed by atoms with E-state index in [1.807, 2.05) is 24.3 Å². The average molecular weight is 605 g/mol. The van der Waals surface area contributed by atoms with Gasteiger partial charge in [-0.25, -0.2) is 9.98 Å². The van der Waals surface area contributed by atoms with Gasteiger partial charge in [0, 0.05) is 28.1 Å². The summed E-state index contributed by atoms with van der Waals surface area (Å²) in [5.74, 6) is 1.52. The fourth-order valence-electron chi connectivity index (χ4n) is 6.43. The standard InChI is InChI=1S/C42H28N4O/c1-2-7-27(8-3-1)29-13-15-30(16-14-29)31-17-20-32(21-18-31)40-44-41(34-22-19-28-9-4-5-10-33(28)25-34)46-42(45-40)36-11-6-12-37-39(36)35-23-24-43-26-38(35)47-37/h1-26,40H,(H,44,45,46). The van der Waals surface area contributed by atoms with Crippen molar-refractivity contribution < 1.29 is 4.42 Å². The van der Waals surface area contributed by atoms with Gasteiger partial charge in [0.1, 0.15) is 17.3 Å². The lowest BCUT2D eigenvalue weighted by Gasteiger charge is -2.23. The third-order valence-electron chi connectivity index (χ3n) is 8.85. The van der Waals surface area contributed by atoms with Crippen molar-refractivity contribution in [1.29, 1.82) is 0 Å². The van der Waals surface area contributed by atoms with Crippen molar-refractivity contribution in [2.75, 3.05) is 0 Å². The van der Waals surface area contributed by atoms with Crippen LogP contribution in [0.15, 0.2) is 172 Å². The lowest BCUT2D eigenvalue weighted by atomic mass is 9.99. The number of amidine groups is 2. The van der Waals surface area contributed by atoms with E-state index in [2.05, 4.69) is 132 Å². The molecule has 1 aliphatic rings. The van der Waals surface area contributed by atoms with E-state index in [0.717, 1.165) is 61.2 Å². The van der Waals surface area contributed by atoms with Crippen LogP contribution in [0.1, 0.15) is 22.9 Å². The third-order valence-corrected chi connectivity index (χ3v) is 8.85. The first-order valence-corrected chi connectivity index (χ1v) is 15.7. The zero-order chi connectivity index (χ0) is 31.2. The van der Waals surface area contributed by atoms with Gasteiger partial charge < -0.3 is 9.73 Å². The van der Waals surface area contributed by atoms with Crippen LogP contribution in [0.2, 0.25) is 0 Å². The number of aliphatic imine (C=N–C) groups is 2. The smallest absolute Gasteiger partial charge is 0.169 e. The second kappa shape index (κ2) is 11.2. The Labute approximate surface area is 271 Å². The molecule has 1 aliphatic heterocycles. The number of nitrogens with zero attached hydrogens (tertiary/aromatic N) is 3. The molecule has 1 atom stereocenters. The minimum absolute atomic E-state index is 0.433. The molecule has 3 heterocycles. The fourth-order valence-corrected chi connectivity index (χ4v) is 6.43. The number of hydrogen-bond acceptors (Lipinski definition) is 5. The topological polar surface area (TPSA) is 62.8 Å². The maximum Gasteiger partial charge on any atom is 0.169 e. The molecule has 0 bridgehead atoms. The van der Waals surface area contributed by atoms with E-state index < -0.39 is 6.17 Å². The van der Waals surface area contributed by atoms with Crippen molar-refractivity contribution >= 4 is 44.4 Å². The molecule has 5 nitrogen and oxygen atoms in total.